The zero-order valence-corrected chi connectivity index (χ0v) is 13.9. The number of carbonyl (C=O) groups is 2. The number of Topliss-reactive ketones (excluding diaryl/α,β-unsaturated/α-hetero) is 2. The normalized spacial score (nSPS) is 10.8. The first-order chi connectivity index (χ1) is 10.2. The van der Waals surface area contributed by atoms with Gasteiger partial charge in [-0.2, -0.15) is 0 Å². The Labute approximate surface area is 130 Å². The Kier molecular flexibility index (Phi) is 3.96. The Morgan fingerprint density at radius 3 is 1.73 bits per heavy atom. The Hall–Kier alpha value is -2.36. The van der Waals surface area contributed by atoms with Gasteiger partial charge in [-0.25, -0.2) is 0 Å². The average molecular weight is 299 g/mol. The van der Waals surface area contributed by atoms with Crippen LogP contribution in [0.25, 0.3) is 5.69 Å². The molecule has 1 N–H and O–H groups in total. The number of aromatic hydroxyl groups is 1. The lowest BCUT2D eigenvalue weighted by atomic mass is 10.0. The van der Waals surface area contributed by atoms with Gasteiger partial charge in [-0.1, -0.05) is 0 Å². The summed E-state index contributed by atoms with van der Waals surface area (Å²) in [5, 5.41) is 9.83. The summed E-state index contributed by atoms with van der Waals surface area (Å²) in [6.07, 6.45) is 0. The van der Waals surface area contributed by atoms with Crippen LogP contribution in [0.3, 0.4) is 0 Å². The van der Waals surface area contributed by atoms with Crippen LogP contribution in [-0.2, 0) is 0 Å². The van der Waals surface area contributed by atoms with Gasteiger partial charge < -0.3 is 9.67 Å². The largest absolute Gasteiger partial charge is 0.508 e. The van der Waals surface area contributed by atoms with Gasteiger partial charge in [0, 0.05) is 28.2 Å². The lowest BCUT2D eigenvalue weighted by molar-refractivity contribution is 0.0981. The molecule has 2 rings (SSSR count). The van der Waals surface area contributed by atoms with Crippen molar-refractivity contribution in [1.29, 1.82) is 0 Å². The van der Waals surface area contributed by atoms with Crippen LogP contribution in [0, 0.1) is 27.7 Å². The summed E-state index contributed by atoms with van der Waals surface area (Å²) in [5.41, 5.74) is 4.98. The average Bonchev–Trinajstić information content (AvgIpc) is 2.66. The van der Waals surface area contributed by atoms with Crippen LogP contribution < -0.4 is 0 Å². The molecule has 2 aromatic rings. The lowest BCUT2D eigenvalue weighted by Crippen LogP contribution is -2.03. The number of hydrogen-bond donors (Lipinski definition) is 1. The summed E-state index contributed by atoms with van der Waals surface area (Å²) in [6.45, 7) is 10.4. The fourth-order valence-corrected chi connectivity index (χ4v) is 3.09. The summed E-state index contributed by atoms with van der Waals surface area (Å²) in [7, 11) is 0. The van der Waals surface area contributed by atoms with Crippen LogP contribution in [0.4, 0.5) is 0 Å². The minimum atomic E-state index is -0.113. The first-order valence-corrected chi connectivity index (χ1v) is 7.21. The molecule has 0 spiro atoms. The van der Waals surface area contributed by atoms with Crippen molar-refractivity contribution in [2.24, 2.45) is 0 Å². The van der Waals surface area contributed by atoms with Gasteiger partial charge in [-0.15, -0.1) is 0 Å². The summed E-state index contributed by atoms with van der Waals surface area (Å²) >= 11 is 0. The van der Waals surface area contributed by atoms with Crippen molar-refractivity contribution in [3.63, 3.8) is 0 Å². The minimum Gasteiger partial charge on any atom is -0.508 e. The van der Waals surface area contributed by atoms with Crippen molar-refractivity contribution in [3.05, 3.63) is 45.8 Å². The van der Waals surface area contributed by atoms with Gasteiger partial charge in [0.1, 0.15) is 5.75 Å². The molecule has 0 aliphatic heterocycles. The number of phenols is 1. The van der Waals surface area contributed by atoms with E-state index in [-0.39, 0.29) is 17.3 Å². The maximum Gasteiger partial charge on any atom is 0.162 e. The van der Waals surface area contributed by atoms with E-state index in [4.69, 9.17) is 0 Å². The summed E-state index contributed by atoms with van der Waals surface area (Å²) in [4.78, 5) is 24.0. The van der Waals surface area contributed by atoms with Crippen LogP contribution in [-0.4, -0.2) is 21.2 Å². The number of phenolic OH excluding ortho intramolecular Hbond substituents is 1. The van der Waals surface area contributed by atoms with E-state index in [9.17, 15) is 14.7 Å². The van der Waals surface area contributed by atoms with Crippen LogP contribution in [0.1, 0.15) is 57.1 Å². The van der Waals surface area contributed by atoms with E-state index in [0.717, 1.165) is 28.2 Å². The first kappa shape index (κ1) is 16.0. The number of aryl methyl sites for hydroxylation is 2. The van der Waals surface area contributed by atoms with Crippen LogP contribution in [0.15, 0.2) is 12.1 Å². The molecule has 1 aromatic heterocycles. The number of ketones is 2. The number of rotatable bonds is 3. The highest BCUT2D eigenvalue weighted by atomic mass is 16.3. The second-order valence-corrected chi connectivity index (χ2v) is 5.79. The van der Waals surface area contributed by atoms with Gasteiger partial charge in [-0.3, -0.25) is 9.59 Å². The zero-order valence-electron chi connectivity index (χ0n) is 13.9. The molecule has 0 atom stereocenters. The Morgan fingerprint density at radius 1 is 0.864 bits per heavy atom. The number of benzene rings is 1. The molecule has 0 radical (unpaired) electrons. The van der Waals surface area contributed by atoms with Gasteiger partial charge in [0.05, 0.1) is 0 Å². The summed E-state index contributed by atoms with van der Waals surface area (Å²) < 4.78 is 1.93. The molecule has 0 aliphatic carbocycles. The molecule has 22 heavy (non-hydrogen) atoms. The third-order valence-electron chi connectivity index (χ3n) is 4.10. The topological polar surface area (TPSA) is 59.3 Å². The smallest absolute Gasteiger partial charge is 0.162 e. The molecule has 0 saturated heterocycles. The minimum absolute atomic E-state index is 0.113. The number of hydrogen-bond acceptors (Lipinski definition) is 3. The molecule has 0 fully saturated rings. The van der Waals surface area contributed by atoms with Gasteiger partial charge in [-0.05, 0) is 64.8 Å². The predicted molar refractivity (Wildman–Crippen MR) is 86.4 cm³/mol. The molecule has 0 saturated carbocycles. The SMILES string of the molecule is CC(=O)c1c(C(C)=O)c(C)n(-c2cc(C)c(O)cc2C)c1C. The summed E-state index contributed by atoms with van der Waals surface area (Å²) in [5.74, 6) is 0.0118. The van der Waals surface area contributed by atoms with Gasteiger partial charge in [0.2, 0.25) is 0 Å². The van der Waals surface area contributed by atoms with Crippen molar-refractivity contribution in [1.82, 2.24) is 4.57 Å². The lowest BCUT2D eigenvalue weighted by Gasteiger charge is -2.14. The van der Waals surface area contributed by atoms with Gasteiger partial charge in [0.15, 0.2) is 11.6 Å². The van der Waals surface area contributed by atoms with Crippen molar-refractivity contribution < 1.29 is 14.7 Å². The second-order valence-electron chi connectivity index (χ2n) is 5.79. The van der Waals surface area contributed by atoms with Crippen molar-refractivity contribution >= 4 is 11.6 Å². The van der Waals surface area contributed by atoms with E-state index in [1.807, 2.05) is 38.3 Å². The third kappa shape index (κ3) is 2.34. The predicted octanol–water partition coefficient (Wildman–Crippen LogP) is 3.82. The fraction of sp³-hybridized carbons (Fsp3) is 0.333. The molecule has 0 amide bonds. The highest BCUT2D eigenvalue weighted by Gasteiger charge is 2.24. The highest BCUT2D eigenvalue weighted by Crippen LogP contribution is 2.31. The maximum atomic E-state index is 12.0. The van der Waals surface area contributed by atoms with E-state index in [0.29, 0.717) is 11.1 Å². The van der Waals surface area contributed by atoms with Gasteiger partial charge in [0.25, 0.3) is 0 Å². The fourth-order valence-electron chi connectivity index (χ4n) is 3.09. The third-order valence-corrected chi connectivity index (χ3v) is 4.10. The molecule has 4 nitrogen and oxygen atoms in total. The van der Waals surface area contributed by atoms with E-state index in [2.05, 4.69) is 0 Å². The molecule has 1 aromatic carbocycles. The van der Waals surface area contributed by atoms with Crippen LogP contribution in [0.2, 0.25) is 0 Å². The molecule has 0 bridgehead atoms. The monoisotopic (exact) mass is 299 g/mol. The molecule has 1 heterocycles. The molecular formula is C18H21NO3. The van der Waals surface area contributed by atoms with E-state index < -0.39 is 0 Å². The molecule has 116 valence electrons. The number of nitrogens with zero attached hydrogens (tertiary/aromatic N) is 1. The highest BCUT2D eigenvalue weighted by molar-refractivity contribution is 6.09. The first-order valence-electron chi connectivity index (χ1n) is 7.21. The van der Waals surface area contributed by atoms with E-state index in [1.165, 1.54) is 13.8 Å². The van der Waals surface area contributed by atoms with Gasteiger partial charge >= 0.3 is 0 Å². The van der Waals surface area contributed by atoms with Crippen molar-refractivity contribution in [3.8, 4) is 11.4 Å². The Bertz CT molecular complexity index is 760. The Morgan fingerprint density at radius 2 is 1.32 bits per heavy atom. The summed E-state index contributed by atoms with van der Waals surface area (Å²) in [6, 6.07) is 3.57. The van der Waals surface area contributed by atoms with Crippen molar-refractivity contribution in [2.75, 3.05) is 0 Å². The van der Waals surface area contributed by atoms with Crippen LogP contribution in [0.5, 0.6) is 5.75 Å². The zero-order chi connectivity index (χ0) is 16.8. The number of aromatic nitrogens is 1. The maximum absolute atomic E-state index is 12.0. The van der Waals surface area contributed by atoms with Crippen molar-refractivity contribution in [2.45, 2.75) is 41.5 Å². The van der Waals surface area contributed by atoms with Crippen LogP contribution >= 0.6 is 0 Å². The quantitative estimate of drug-likeness (QED) is 0.876. The Balaban J connectivity index is 2.89. The molecule has 0 unspecified atom stereocenters. The second kappa shape index (κ2) is 5.44. The molecular weight excluding hydrogens is 278 g/mol. The number of carbonyl (C=O) groups excluding carboxylic acids is 2. The van der Waals surface area contributed by atoms with E-state index >= 15 is 0 Å². The van der Waals surface area contributed by atoms with E-state index in [1.54, 1.807) is 6.07 Å². The standard InChI is InChI=1S/C18H21NO3/c1-9-8-16(22)10(2)7-15(9)19-11(3)17(13(5)20)18(12(19)4)14(6)21/h7-8,22H,1-6H3. The molecule has 0 aliphatic rings. The molecule has 4 heteroatoms.